The molecule has 4 N–H and O–H groups in total. The van der Waals surface area contributed by atoms with E-state index in [1.807, 2.05) is 5.48 Å². The third-order valence-electron chi connectivity index (χ3n) is 3.78. The van der Waals surface area contributed by atoms with Crippen molar-refractivity contribution in [2.45, 2.75) is 0 Å². The molecule has 1 amide bonds. The first-order valence-corrected chi connectivity index (χ1v) is 8.93. The van der Waals surface area contributed by atoms with Crippen LogP contribution in [0.3, 0.4) is 0 Å². The lowest BCUT2D eigenvalue weighted by Crippen LogP contribution is -2.26. The van der Waals surface area contributed by atoms with Crippen molar-refractivity contribution < 1.29 is 37.9 Å². The lowest BCUT2D eigenvalue weighted by Gasteiger charge is -2.16. The van der Waals surface area contributed by atoms with Crippen LogP contribution in [-0.2, 0) is 9.68 Å². The van der Waals surface area contributed by atoms with E-state index in [2.05, 4.69) is 21.9 Å². The molecule has 166 valence electrons. The molecule has 0 aliphatic carbocycles. The highest BCUT2D eigenvalue weighted by Gasteiger charge is 2.23. The first-order chi connectivity index (χ1) is 14.9. The second-order valence-electron chi connectivity index (χ2n) is 5.88. The summed E-state index contributed by atoms with van der Waals surface area (Å²) in [4.78, 5) is 21.8. The fourth-order valence-electron chi connectivity index (χ4n) is 2.34. The van der Waals surface area contributed by atoms with Crippen LogP contribution in [0, 0.1) is 17.5 Å². The lowest BCUT2D eigenvalue weighted by atomic mass is 10.1. The number of rotatable bonds is 11. The standard InChI is InChI=1S/C20H20F3N3O5/c1-2-12-3-4-16(15(21)9-12)25-19-14(20(29)26-31-8-6-28)10-13(17(22)18(19)23)11-24-30-7-5-27/h2-4,9-11,25,27-28H,1,5-8H2,(H,26,29)/b24-11+. The Morgan fingerprint density at radius 2 is 1.87 bits per heavy atom. The van der Waals surface area contributed by atoms with E-state index in [1.54, 1.807) is 0 Å². The number of aliphatic hydroxyl groups excluding tert-OH is 2. The van der Waals surface area contributed by atoms with E-state index < -0.39 is 46.8 Å². The molecule has 31 heavy (non-hydrogen) atoms. The van der Waals surface area contributed by atoms with Gasteiger partial charge in [-0.1, -0.05) is 23.9 Å². The predicted octanol–water partition coefficient (Wildman–Crippen LogP) is 2.49. The van der Waals surface area contributed by atoms with Crippen LogP contribution in [0.2, 0.25) is 0 Å². The number of hydrogen-bond acceptors (Lipinski definition) is 7. The van der Waals surface area contributed by atoms with Crippen molar-refractivity contribution in [1.29, 1.82) is 0 Å². The number of oxime groups is 1. The summed E-state index contributed by atoms with van der Waals surface area (Å²) in [5.41, 5.74) is 0.665. The summed E-state index contributed by atoms with van der Waals surface area (Å²) >= 11 is 0. The molecule has 2 aromatic carbocycles. The molecule has 0 aliphatic rings. The van der Waals surface area contributed by atoms with Gasteiger partial charge in [-0.15, -0.1) is 0 Å². The number of nitrogens with zero attached hydrogens (tertiary/aromatic N) is 1. The summed E-state index contributed by atoms with van der Waals surface area (Å²) in [6, 6.07) is 4.81. The molecule has 8 nitrogen and oxygen atoms in total. The highest BCUT2D eigenvalue weighted by Crippen LogP contribution is 2.30. The minimum atomic E-state index is -1.48. The highest BCUT2D eigenvalue weighted by atomic mass is 19.2. The largest absolute Gasteiger partial charge is 0.394 e. The second kappa shape index (κ2) is 11.7. The zero-order valence-corrected chi connectivity index (χ0v) is 16.2. The smallest absolute Gasteiger partial charge is 0.277 e. The zero-order valence-electron chi connectivity index (χ0n) is 16.2. The van der Waals surface area contributed by atoms with Crippen molar-refractivity contribution in [3.8, 4) is 0 Å². The van der Waals surface area contributed by atoms with Crippen LogP contribution in [-0.4, -0.2) is 48.8 Å². The van der Waals surface area contributed by atoms with Crippen LogP contribution < -0.4 is 10.8 Å². The Balaban J connectivity index is 2.48. The lowest BCUT2D eigenvalue weighted by molar-refractivity contribution is 0.0168. The number of nitrogens with one attached hydrogen (secondary N) is 2. The van der Waals surface area contributed by atoms with Gasteiger partial charge in [-0.2, -0.15) is 0 Å². The van der Waals surface area contributed by atoms with E-state index in [9.17, 15) is 18.0 Å². The van der Waals surface area contributed by atoms with Crippen LogP contribution in [0.15, 0.2) is 36.0 Å². The number of amides is 1. The average molecular weight is 439 g/mol. The van der Waals surface area contributed by atoms with Crippen molar-refractivity contribution in [3.63, 3.8) is 0 Å². The molecular formula is C20H20F3N3O5. The monoisotopic (exact) mass is 439 g/mol. The Labute approximate surface area is 175 Å². The summed E-state index contributed by atoms with van der Waals surface area (Å²) in [6.45, 7) is 2.34. The van der Waals surface area contributed by atoms with E-state index in [0.29, 0.717) is 5.56 Å². The fraction of sp³-hybridized carbons (Fsp3) is 0.200. The maximum absolute atomic E-state index is 14.8. The van der Waals surface area contributed by atoms with Crippen molar-refractivity contribution in [2.75, 3.05) is 31.7 Å². The molecule has 0 aromatic heterocycles. The minimum Gasteiger partial charge on any atom is -0.394 e. The molecule has 2 aromatic rings. The predicted molar refractivity (Wildman–Crippen MR) is 107 cm³/mol. The molecule has 0 radical (unpaired) electrons. The van der Waals surface area contributed by atoms with Gasteiger partial charge < -0.3 is 20.4 Å². The third kappa shape index (κ3) is 6.28. The van der Waals surface area contributed by atoms with E-state index in [-0.39, 0.29) is 25.5 Å². The number of anilines is 2. The SMILES string of the molecule is C=Cc1ccc(Nc2c(C(=O)NOCCO)cc(/C=N/OCCO)c(F)c2F)c(F)c1. The zero-order chi connectivity index (χ0) is 22.8. The van der Waals surface area contributed by atoms with Gasteiger partial charge in [0.1, 0.15) is 12.4 Å². The number of hydrogen-bond donors (Lipinski definition) is 4. The maximum Gasteiger partial charge on any atom is 0.277 e. The average Bonchev–Trinajstić information content (AvgIpc) is 2.76. The molecule has 2 rings (SSSR count). The number of benzene rings is 2. The molecular weight excluding hydrogens is 419 g/mol. The fourth-order valence-corrected chi connectivity index (χ4v) is 2.34. The van der Waals surface area contributed by atoms with Gasteiger partial charge in [0, 0.05) is 5.56 Å². The Morgan fingerprint density at radius 1 is 1.13 bits per heavy atom. The Kier molecular flexibility index (Phi) is 9.00. The van der Waals surface area contributed by atoms with Gasteiger partial charge >= 0.3 is 0 Å². The first-order valence-electron chi connectivity index (χ1n) is 8.93. The molecule has 0 saturated heterocycles. The van der Waals surface area contributed by atoms with Gasteiger partial charge in [0.2, 0.25) is 0 Å². The minimum absolute atomic E-state index is 0.178. The molecule has 0 atom stereocenters. The molecule has 0 unspecified atom stereocenters. The van der Waals surface area contributed by atoms with Gasteiger partial charge in [0.05, 0.1) is 43.0 Å². The number of carbonyl (C=O) groups excluding carboxylic acids is 1. The summed E-state index contributed by atoms with van der Waals surface area (Å²) < 4.78 is 43.7. The van der Waals surface area contributed by atoms with Crippen LogP contribution >= 0.6 is 0 Å². The molecule has 0 heterocycles. The summed E-state index contributed by atoms with van der Waals surface area (Å²) in [6.07, 6.45) is 2.21. The van der Waals surface area contributed by atoms with Crippen molar-refractivity contribution in [2.24, 2.45) is 5.16 Å². The summed E-state index contributed by atoms with van der Waals surface area (Å²) in [5.74, 6) is -4.65. The van der Waals surface area contributed by atoms with Gasteiger partial charge in [0.15, 0.2) is 11.6 Å². The Morgan fingerprint density at radius 3 is 2.52 bits per heavy atom. The normalized spacial score (nSPS) is 10.9. The van der Waals surface area contributed by atoms with Crippen LogP contribution in [0.4, 0.5) is 24.5 Å². The number of hydroxylamine groups is 1. The van der Waals surface area contributed by atoms with E-state index in [0.717, 1.165) is 18.3 Å². The quantitative estimate of drug-likeness (QED) is 0.243. The van der Waals surface area contributed by atoms with Gasteiger partial charge in [0.25, 0.3) is 5.91 Å². The van der Waals surface area contributed by atoms with Crippen LogP contribution in [0.5, 0.6) is 0 Å². The number of aliphatic hydroxyl groups is 2. The van der Waals surface area contributed by atoms with Crippen molar-refractivity contribution >= 4 is 29.6 Å². The van der Waals surface area contributed by atoms with Crippen LogP contribution in [0.25, 0.3) is 6.08 Å². The molecule has 0 bridgehead atoms. The summed E-state index contributed by atoms with van der Waals surface area (Å²) in [7, 11) is 0. The second-order valence-corrected chi connectivity index (χ2v) is 5.88. The van der Waals surface area contributed by atoms with Crippen molar-refractivity contribution in [1.82, 2.24) is 5.48 Å². The van der Waals surface area contributed by atoms with Gasteiger partial charge in [-0.3, -0.25) is 9.63 Å². The van der Waals surface area contributed by atoms with Gasteiger partial charge in [-0.05, 0) is 23.8 Å². The van der Waals surface area contributed by atoms with Crippen LogP contribution in [0.1, 0.15) is 21.5 Å². The Bertz CT molecular complexity index is 970. The Hall–Kier alpha value is -3.41. The molecule has 0 fully saturated rings. The molecule has 0 aliphatic heterocycles. The van der Waals surface area contributed by atoms with E-state index >= 15 is 0 Å². The topological polar surface area (TPSA) is 112 Å². The van der Waals surface area contributed by atoms with Crippen molar-refractivity contribution in [3.05, 3.63) is 65.0 Å². The van der Waals surface area contributed by atoms with E-state index in [1.165, 1.54) is 18.2 Å². The van der Waals surface area contributed by atoms with E-state index in [4.69, 9.17) is 15.1 Å². The maximum atomic E-state index is 14.8. The molecule has 11 heteroatoms. The summed E-state index contributed by atoms with van der Waals surface area (Å²) in [5, 5.41) is 23.1. The highest BCUT2D eigenvalue weighted by molar-refractivity contribution is 6.01. The molecule has 0 spiro atoms. The number of halogens is 3. The molecule has 0 saturated carbocycles. The first kappa shape index (κ1) is 23.9. The van der Waals surface area contributed by atoms with Gasteiger partial charge in [-0.25, -0.2) is 18.7 Å². The number of carbonyl (C=O) groups is 1. The third-order valence-corrected chi connectivity index (χ3v) is 3.78.